The topological polar surface area (TPSA) is 78.9 Å². The maximum absolute atomic E-state index is 13.0. The summed E-state index contributed by atoms with van der Waals surface area (Å²) in [5.41, 5.74) is 0. The van der Waals surface area contributed by atoms with E-state index in [9.17, 15) is 14.4 Å². The molecule has 0 aromatic rings. The molecule has 0 aliphatic rings. The molecule has 0 spiro atoms. The third-order valence-corrected chi connectivity index (χ3v) is 16.5. The van der Waals surface area contributed by atoms with Gasteiger partial charge in [0.2, 0.25) is 0 Å². The average molecular weight is 1160 g/mol. The van der Waals surface area contributed by atoms with E-state index in [2.05, 4.69) is 81.5 Å². The molecule has 0 aliphatic heterocycles. The molecule has 0 saturated heterocycles. The summed E-state index contributed by atoms with van der Waals surface area (Å²) in [5.74, 6) is -0.853. The summed E-state index contributed by atoms with van der Waals surface area (Å²) in [4.78, 5) is 38.5. The molecule has 0 saturated carbocycles. The highest BCUT2D eigenvalue weighted by atomic mass is 16.6. The van der Waals surface area contributed by atoms with Crippen molar-refractivity contribution >= 4 is 17.9 Å². The maximum Gasteiger partial charge on any atom is 0.306 e. The molecular formula is C77H140O6. The lowest BCUT2D eigenvalue weighted by molar-refractivity contribution is -0.167. The van der Waals surface area contributed by atoms with Gasteiger partial charge in [0.1, 0.15) is 13.2 Å². The highest BCUT2D eigenvalue weighted by Gasteiger charge is 2.19. The number of rotatable bonds is 68. The standard InChI is InChI=1S/C77H140O6/c1-4-7-10-13-16-19-22-25-28-30-32-34-35-36-37-38-39-40-41-43-44-46-49-52-55-58-61-64-67-70-76(79)82-73-74(72-81-75(78)69-66-63-60-57-54-51-48-27-24-21-18-15-12-9-6-3)83-77(80)71-68-65-62-59-56-53-50-47-45-42-33-31-29-26-23-20-17-14-11-8-5-2/h8,11,17,20,26,29-30,32-33,42,74H,4-7,9-10,12-16,18-19,21-25,27-28,31,34-41,43-73H2,1-3H3/b11-8-,20-17-,29-26-,32-30-,42-33-. The lowest BCUT2D eigenvalue weighted by Crippen LogP contribution is -2.30. The molecule has 0 aliphatic carbocycles. The van der Waals surface area contributed by atoms with E-state index >= 15 is 0 Å². The van der Waals surface area contributed by atoms with Crippen molar-refractivity contribution in [3.8, 4) is 0 Å². The molecule has 0 heterocycles. The Labute approximate surface area is 517 Å². The fourth-order valence-corrected chi connectivity index (χ4v) is 11.0. The van der Waals surface area contributed by atoms with Crippen LogP contribution in [0.15, 0.2) is 60.8 Å². The fourth-order valence-electron chi connectivity index (χ4n) is 11.0. The summed E-state index contributed by atoms with van der Waals surface area (Å²) in [6.07, 6.45) is 92.6. The van der Waals surface area contributed by atoms with Gasteiger partial charge in [-0.3, -0.25) is 14.4 Å². The first-order chi connectivity index (χ1) is 41.0. The summed E-state index contributed by atoms with van der Waals surface area (Å²) >= 11 is 0. The third-order valence-electron chi connectivity index (χ3n) is 16.5. The molecule has 0 fully saturated rings. The zero-order valence-electron chi connectivity index (χ0n) is 55.7. The van der Waals surface area contributed by atoms with Crippen LogP contribution in [-0.2, 0) is 28.6 Å². The minimum atomic E-state index is -0.778. The summed E-state index contributed by atoms with van der Waals surface area (Å²) in [7, 11) is 0. The molecule has 0 aromatic carbocycles. The van der Waals surface area contributed by atoms with Crippen molar-refractivity contribution in [1.82, 2.24) is 0 Å². The highest BCUT2D eigenvalue weighted by Crippen LogP contribution is 2.18. The van der Waals surface area contributed by atoms with Gasteiger partial charge in [0, 0.05) is 19.3 Å². The van der Waals surface area contributed by atoms with E-state index in [-0.39, 0.29) is 31.1 Å². The number of carbonyl (C=O) groups is 3. The van der Waals surface area contributed by atoms with Gasteiger partial charge < -0.3 is 14.2 Å². The van der Waals surface area contributed by atoms with Crippen molar-refractivity contribution in [2.45, 2.75) is 399 Å². The van der Waals surface area contributed by atoms with Crippen LogP contribution in [-0.4, -0.2) is 37.2 Å². The lowest BCUT2D eigenvalue weighted by atomic mass is 10.0. The Hall–Kier alpha value is -2.89. The molecule has 484 valence electrons. The molecule has 0 bridgehead atoms. The minimum absolute atomic E-state index is 0.0725. The van der Waals surface area contributed by atoms with Gasteiger partial charge in [0.25, 0.3) is 0 Å². The number of allylic oxidation sites excluding steroid dienone is 10. The molecular weight excluding hydrogens is 1020 g/mol. The predicted octanol–water partition coefficient (Wildman–Crippen LogP) is 25.5. The van der Waals surface area contributed by atoms with Crippen LogP contribution in [0, 0.1) is 0 Å². The highest BCUT2D eigenvalue weighted by molar-refractivity contribution is 5.71. The first-order valence-electron chi connectivity index (χ1n) is 36.8. The predicted molar refractivity (Wildman–Crippen MR) is 362 cm³/mol. The smallest absolute Gasteiger partial charge is 0.306 e. The van der Waals surface area contributed by atoms with Gasteiger partial charge in [-0.25, -0.2) is 0 Å². The van der Waals surface area contributed by atoms with Gasteiger partial charge in [-0.05, 0) is 83.5 Å². The molecule has 0 radical (unpaired) electrons. The van der Waals surface area contributed by atoms with Crippen molar-refractivity contribution < 1.29 is 28.6 Å². The van der Waals surface area contributed by atoms with Crippen LogP contribution in [0.25, 0.3) is 0 Å². The molecule has 0 amide bonds. The second kappa shape index (κ2) is 71.6. The SMILES string of the molecule is CC/C=C\C/C=C\C/C=C\C/C=C\CCCCCCCCCCC(=O)OC(COC(=O)CCCCCCCCCCCCCCCCC)COC(=O)CCCCCCCCCCCCCCCCCCC/C=C\CCCCCCCCCC. The molecule has 6 heteroatoms. The molecule has 0 N–H and O–H groups in total. The second-order valence-electron chi connectivity index (χ2n) is 24.8. The quantitative estimate of drug-likeness (QED) is 0.0261. The Bertz CT molecular complexity index is 1470. The van der Waals surface area contributed by atoms with Crippen LogP contribution in [0.4, 0.5) is 0 Å². The molecule has 1 unspecified atom stereocenters. The number of carbonyl (C=O) groups excluding carboxylic acids is 3. The zero-order valence-corrected chi connectivity index (χ0v) is 55.7. The maximum atomic E-state index is 13.0. The van der Waals surface area contributed by atoms with Crippen molar-refractivity contribution in [2.75, 3.05) is 13.2 Å². The van der Waals surface area contributed by atoms with Gasteiger partial charge in [-0.1, -0.05) is 351 Å². The van der Waals surface area contributed by atoms with Crippen molar-refractivity contribution in [1.29, 1.82) is 0 Å². The molecule has 0 aromatic heterocycles. The first kappa shape index (κ1) is 80.1. The van der Waals surface area contributed by atoms with E-state index < -0.39 is 6.10 Å². The number of hydrogen-bond donors (Lipinski definition) is 0. The second-order valence-corrected chi connectivity index (χ2v) is 24.8. The van der Waals surface area contributed by atoms with E-state index in [0.717, 1.165) is 89.9 Å². The average Bonchev–Trinajstić information content (AvgIpc) is 3.49. The Kier molecular flexibility index (Phi) is 69.1. The summed E-state index contributed by atoms with van der Waals surface area (Å²) in [5, 5.41) is 0. The van der Waals surface area contributed by atoms with Gasteiger partial charge in [-0.15, -0.1) is 0 Å². The van der Waals surface area contributed by atoms with E-state index in [1.165, 1.54) is 263 Å². The first-order valence-corrected chi connectivity index (χ1v) is 36.8. The van der Waals surface area contributed by atoms with E-state index in [1.807, 2.05) is 0 Å². The van der Waals surface area contributed by atoms with Crippen LogP contribution >= 0.6 is 0 Å². The van der Waals surface area contributed by atoms with Gasteiger partial charge in [0.15, 0.2) is 6.10 Å². The van der Waals surface area contributed by atoms with E-state index in [1.54, 1.807) is 0 Å². The molecule has 6 nitrogen and oxygen atoms in total. The Morgan fingerprint density at radius 1 is 0.253 bits per heavy atom. The Balaban J connectivity index is 4.24. The summed E-state index contributed by atoms with van der Waals surface area (Å²) in [6.45, 7) is 6.59. The van der Waals surface area contributed by atoms with Gasteiger partial charge in [-0.2, -0.15) is 0 Å². The number of esters is 3. The van der Waals surface area contributed by atoms with Crippen LogP contribution in [0.2, 0.25) is 0 Å². The van der Waals surface area contributed by atoms with Crippen molar-refractivity contribution in [3.63, 3.8) is 0 Å². The largest absolute Gasteiger partial charge is 0.462 e. The van der Waals surface area contributed by atoms with Gasteiger partial charge in [0.05, 0.1) is 0 Å². The number of ether oxygens (including phenoxy) is 3. The minimum Gasteiger partial charge on any atom is -0.462 e. The Morgan fingerprint density at radius 3 is 0.747 bits per heavy atom. The number of hydrogen-bond acceptors (Lipinski definition) is 6. The van der Waals surface area contributed by atoms with Crippen LogP contribution in [0.1, 0.15) is 393 Å². The Morgan fingerprint density at radius 2 is 0.470 bits per heavy atom. The van der Waals surface area contributed by atoms with Gasteiger partial charge >= 0.3 is 17.9 Å². The molecule has 0 rings (SSSR count). The fraction of sp³-hybridized carbons (Fsp3) is 0.831. The van der Waals surface area contributed by atoms with Crippen molar-refractivity contribution in [3.05, 3.63) is 60.8 Å². The van der Waals surface area contributed by atoms with E-state index in [4.69, 9.17) is 14.2 Å². The monoisotopic (exact) mass is 1160 g/mol. The van der Waals surface area contributed by atoms with Crippen LogP contribution < -0.4 is 0 Å². The van der Waals surface area contributed by atoms with Crippen LogP contribution in [0.5, 0.6) is 0 Å². The summed E-state index contributed by atoms with van der Waals surface area (Å²) in [6, 6.07) is 0. The number of unbranched alkanes of at least 4 members (excludes halogenated alkanes) is 47. The summed E-state index contributed by atoms with van der Waals surface area (Å²) < 4.78 is 17.0. The lowest BCUT2D eigenvalue weighted by Gasteiger charge is -2.18. The normalized spacial score (nSPS) is 12.4. The zero-order chi connectivity index (χ0) is 59.9. The third kappa shape index (κ3) is 69.8. The van der Waals surface area contributed by atoms with E-state index in [0.29, 0.717) is 19.3 Å². The van der Waals surface area contributed by atoms with Crippen molar-refractivity contribution in [2.24, 2.45) is 0 Å². The van der Waals surface area contributed by atoms with Crippen LogP contribution in [0.3, 0.4) is 0 Å². The molecule has 83 heavy (non-hydrogen) atoms. The molecule has 1 atom stereocenters.